The van der Waals surface area contributed by atoms with E-state index in [1.54, 1.807) is 54.6 Å². The van der Waals surface area contributed by atoms with Crippen molar-refractivity contribution < 1.29 is 76.1 Å². The summed E-state index contributed by atoms with van der Waals surface area (Å²) in [4.78, 5) is 23.9. The number of ether oxygens (including phenoxy) is 2. The summed E-state index contributed by atoms with van der Waals surface area (Å²) in [6.45, 7) is -0.525. The highest BCUT2D eigenvalue weighted by Gasteiger charge is 2.44. The molecule has 4 aromatic carbocycles. The molecular formula is C28H22F4O12S4-2. The molecule has 0 aromatic heterocycles. The van der Waals surface area contributed by atoms with Gasteiger partial charge in [-0.15, -0.1) is 23.5 Å². The van der Waals surface area contributed by atoms with Gasteiger partial charge in [-0.05, 0) is 47.2 Å². The van der Waals surface area contributed by atoms with Gasteiger partial charge in [0.1, 0.15) is 48.8 Å². The van der Waals surface area contributed by atoms with Gasteiger partial charge in [0.2, 0.25) is 0 Å². The number of benzene rings is 4. The lowest BCUT2D eigenvalue weighted by Gasteiger charge is -2.14. The molecule has 4 rings (SSSR count). The second kappa shape index (κ2) is 19.1. The fourth-order valence-electron chi connectivity index (χ4n) is 3.65. The van der Waals surface area contributed by atoms with E-state index in [2.05, 4.69) is 28.2 Å². The minimum atomic E-state index is -4.04. The molecule has 4 aromatic rings. The monoisotopic (exact) mass is 754 g/mol. The number of hydrogen-bond acceptors (Lipinski definition) is 16. The smallest absolute Gasteiger partial charge is 0.415 e. The molecule has 0 atom stereocenters. The zero-order chi connectivity index (χ0) is 35.2. The highest BCUT2D eigenvalue weighted by Crippen LogP contribution is 2.34. The van der Waals surface area contributed by atoms with E-state index >= 15 is 0 Å². The Labute approximate surface area is 285 Å². The summed E-state index contributed by atoms with van der Waals surface area (Å²) in [5, 5.41) is 38.9. The van der Waals surface area contributed by atoms with E-state index in [0.29, 0.717) is 10.8 Å². The number of phenolic OH excluding ortho intramolecular Hbond substituents is 2. The van der Waals surface area contributed by atoms with Crippen LogP contribution in [0.25, 0.3) is 21.5 Å². The summed E-state index contributed by atoms with van der Waals surface area (Å²) in [5.41, 5.74) is 0. The molecule has 260 valence electrons. The van der Waals surface area contributed by atoms with Crippen LogP contribution in [0.1, 0.15) is 0 Å². The number of thioether (sulfide) groups is 2. The third kappa shape index (κ3) is 11.8. The minimum Gasteiger partial charge on any atom is -0.691 e. The fraction of sp³-hybridized carbons (Fsp3) is 0.214. The first-order valence-electron chi connectivity index (χ1n) is 13.0. The Balaban J connectivity index is 0.000000260. The molecule has 0 radical (unpaired) electrons. The van der Waals surface area contributed by atoms with Crippen LogP contribution in [0, 0.1) is 0 Å². The number of esters is 2. The Hall–Kier alpha value is -3.18. The van der Waals surface area contributed by atoms with Crippen molar-refractivity contribution in [2.75, 3.05) is 24.7 Å². The first kappa shape index (κ1) is 39.3. The fourth-order valence-corrected chi connectivity index (χ4v) is 5.81. The second-order valence-electron chi connectivity index (χ2n) is 8.73. The Bertz CT molecular complexity index is 1670. The number of hydrogen-bond donors (Lipinski definition) is 2. The number of carbonyl (C=O) groups is 2. The van der Waals surface area contributed by atoms with Crippen LogP contribution in [0.15, 0.2) is 82.6 Å². The summed E-state index contributed by atoms with van der Waals surface area (Å²) < 4.78 is 68.1. The number of rotatable bonds is 16. The van der Waals surface area contributed by atoms with Crippen LogP contribution in [-0.4, -0.2) is 57.4 Å². The minimum absolute atomic E-state index is 0.138. The zero-order valence-electron chi connectivity index (χ0n) is 23.9. The van der Waals surface area contributed by atoms with Crippen LogP contribution in [0.2, 0.25) is 0 Å². The number of phenols is 2. The van der Waals surface area contributed by atoms with Crippen LogP contribution < -0.4 is 10.5 Å². The van der Waals surface area contributed by atoms with Gasteiger partial charge in [-0.1, -0.05) is 36.4 Å². The van der Waals surface area contributed by atoms with E-state index in [4.69, 9.17) is 0 Å². The van der Waals surface area contributed by atoms with Gasteiger partial charge < -0.3 is 30.2 Å². The van der Waals surface area contributed by atoms with Crippen molar-refractivity contribution >= 4 is 81.1 Å². The molecule has 0 aliphatic rings. The molecule has 20 heteroatoms. The second-order valence-corrected chi connectivity index (χ2v) is 12.7. The van der Waals surface area contributed by atoms with Crippen LogP contribution in [-0.2, 0) is 37.8 Å². The van der Waals surface area contributed by atoms with Crippen molar-refractivity contribution in [1.82, 2.24) is 0 Å². The quantitative estimate of drug-likeness (QED) is 0.0287. The van der Waals surface area contributed by atoms with Crippen LogP contribution in [0.4, 0.5) is 17.6 Å². The van der Waals surface area contributed by atoms with Gasteiger partial charge >= 0.3 is 22.4 Å². The lowest BCUT2D eigenvalue weighted by Crippen LogP contribution is -2.28. The Morgan fingerprint density at radius 1 is 0.667 bits per heavy atom. The average Bonchev–Trinajstić information content (AvgIpc) is 3.07. The summed E-state index contributed by atoms with van der Waals surface area (Å²) in [6, 6.07) is 20.8. The summed E-state index contributed by atoms with van der Waals surface area (Å²) in [5.74, 6) is -2.88. The van der Waals surface area contributed by atoms with Gasteiger partial charge in [0.05, 0.1) is 0 Å². The number of carbonyl (C=O) groups excluding carboxylic acids is 2. The molecule has 0 saturated heterocycles. The molecule has 12 nitrogen and oxygen atoms in total. The number of halogens is 4. The van der Waals surface area contributed by atoms with Gasteiger partial charge in [-0.2, -0.15) is 26.2 Å². The maximum atomic E-state index is 13.1. The predicted octanol–water partition coefficient (Wildman–Crippen LogP) is 5.29. The normalized spacial score (nSPS) is 11.6. The van der Waals surface area contributed by atoms with E-state index < -0.39 is 46.5 Å². The van der Waals surface area contributed by atoms with Crippen molar-refractivity contribution in [1.29, 1.82) is 0 Å². The molecule has 0 saturated carbocycles. The van der Waals surface area contributed by atoms with Gasteiger partial charge in [-0.3, -0.25) is 10.1 Å². The topological polar surface area (TPSA) is 176 Å². The molecule has 0 aliphatic heterocycles. The van der Waals surface area contributed by atoms with Gasteiger partial charge in [0.25, 0.3) is 0 Å². The molecule has 0 aliphatic carbocycles. The molecule has 0 spiro atoms. The molecule has 0 fully saturated rings. The Kier molecular flexibility index (Phi) is 15.6. The molecule has 0 heterocycles. The first-order chi connectivity index (χ1) is 22.9. The summed E-state index contributed by atoms with van der Waals surface area (Å²) >= 11 is 1.12. The van der Waals surface area contributed by atoms with Gasteiger partial charge in [-0.25, -0.2) is 9.59 Å². The summed E-state index contributed by atoms with van der Waals surface area (Å²) in [6.07, 6.45) is 0. The lowest BCUT2D eigenvalue weighted by atomic mass is 10.1. The first-order valence-corrected chi connectivity index (χ1v) is 16.4. The molecular weight excluding hydrogens is 733 g/mol. The third-order valence-corrected chi connectivity index (χ3v) is 8.65. The maximum Gasteiger partial charge on any atom is 0.415 e. The van der Waals surface area contributed by atoms with Gasteiger partial charge in [0, 0.05) is 32.1 Å². The van der Waals surface area contributed by atoms with Crippen LogP contribution in [0.5, 0.6) is 11.5 Å². The van der Waals surface area contributed by atoms with Gasteiger partial charge in [0.15, 0.2) is 0 Å². The molecule has 0 amide bonds. The maximum absolute atomic E-state index is 13.1. The van der Waals surface area contributed by atoms with E-state index in [1.165, 1.54) is 23.5 Å². The van der Waals surface area contributed by atoms with Crippen molar-refractivity contribution in [2.45, 2.75) is 20.3 Å². The molecule has 0 unspecified atom stereocenters. The predicted molar refractivity (Wildman–Crippen MR) is 164 cm³/mol. The van der Waals surface area contributed by atoms with Crippen molar-refractivity contribution in [2.24, 2.45) is 0 Å². The van der Waals surface area contributed by atoms with Crippen LogP contribution in [0.3, 0.4) is 0 Å². The average molecular weight is 755 g/mol. The Morgan fingerprint density at radius 3 is 1.79 bits per heavy atom. The van der Waals surface area contributed by atoms with E-state index in [9.17, 15) is 47.9 Å². The zero-order valence-corrected chi connectivity index (χ0v) is 27.1. The van der Waals surface area contributed by atoms with E-state index in [0.717, 1.165) is 20.6 Å². The molecule has 2 N–H and O–H groups in total. The molecule has 48 heavy (non-hydrogen) atoms. The van der Waals surface area contributed by atoms with Crippen LogP contribution >= 0.6 is 47.6 Å². The van der Waals surface area contributed by atoms with Crippen molar-refractivity contribution in [3.8, 4) is 11.5 Å². The number of aromatic hydroxyl groups is 2. The molecule has 0 bridgehead atoms. The number of alkyl halides is 4. The van der Waals surface area contributed by atoms with Crippen molar-refractivity contribution in [3.05, 3.63) is 72.8 Å². The Morgan fingerprint density at radius 2 is 1.19 bits per heavy atom. The summed E-state index contributed by atoms with van der Waals surface area (Å²) in [7, 11) is 0. The highest BCUT2D eigenvalue weighted by molar-refractivity contribution is 7.99. The lowest BCUT2D eigenvalue weighted by molar-refractivity contribution is -0.777. The number of fused-ring (bicyclic) bond motifs is 2. The highest BCUT2D eigenvalue weighted by atomic mass is 32.2. The standard InChI is InChI=1S/2C14H12F2O6S2/c15-14(16,24-22-21-19)13(18)20-7-8-23-12-6-2-3-9-10(12)4-1-5-11(9)17;15-14(16,24-22-21-19)13(18)20-6-7-23-10-4-5-11-9(8-10)2-1-3-12(11)17/h1-6,17,19H,7-8H2;1-5,8,17,19H,6-7H2/p-2. The largest absolute Gasteiger partial charge is 0.691 e. The third-order valence-electron chi connectivity index (χ3n) is 5.66. The van der Waals surface area contributed by atoms with E-state index in [-0.39, 0.29) is 36.2 Å². The SMILES string of the molecule is O=C(OCCSc1ccc2c(O)cccc2c1)C(F)(F)SOO[O-].O=C(OCCSc1cccc2c(O)cccc12)C(F)(F)SOO[O-]. The van der Waals surface area contributed by atoms with Crippen molar-refractivity contribution in [3.63, 3.8) is 0 Å². The van der Waals surface area contributed by atoms with E-state index in [1.807, 2.05) is 18.2 Å².